The molecule has 0 spiro atoms. The third-order valence-electron chi connectivity index (χ3n) is 4.84. The van der Waals surface area contributed by atoms with Gasteiger partial charge in [0.1, 0.15) is 0 Å². The van der Waals surface area contributed by atoms with Gasteiger partial charge in [-0.05, 0) is 55.3 Å². The first-order valence-electron chi connectivity index (χ1n) is 7.58. The van der Waals surface area contributed by atoms with E-state index in [1.807, 2.05) is 0 Å². The van der Waals surface area contributed by atoms with Gasteiger partial charge in [-0.15, -0.1) is 12.4 Å². The molecule has 1 saturated heterocycles. The van der Waals surface area contributed by atoms with Crippen molar-refractivity contribution in [1.82, 2.24) is 10.2 Å². The molecule has 0 bridgehead atoms. The third-order valence-corrected chi connectivity index (χ3v) is 4.84. The molecule has 20 heavy (non-hydrogen) atoms. The SMILES string of the molecule is Cc1cc(C)c2c(c1)CN(CC1(C)CCNC1)CC2.Cl. The van der Waals surface area contributed by atoms with E-state index in [-0.39, 0.29) is 12.4 Å². The molecule has 1 unspecified atom stereocenters. The van der Waals surface area contributed by atoms with Crippen molar-refractivity contribution in [1.29, 1.82) is 0 Å². The van der Waals surface area contributed by atoms with E-state index in [1.165, 1.54) is 50.1 Å². The molecule has 0 aromatic heterocycles. The van der Waals surface area contributed by atoms with Gasteiger partial charge < -0.3 is 5.32 Å². The number of hydrogen-bond acceptors (Lipinski definition) is 2. The summed E-state index contributed by atoms with van der Waals surface area (Å²) in [4.78, 5) is 2.66. The van der Waals surface area contributed by atoms with E-state index in [4.69, 9.17) is 0 Å². The Balaban J connectivity index is 0.00000147. The molecule has 0 radical (unpaired) electrons. The second-order valence-corrected chi connectivity index (χ2v) is 6.92. The van der Waals surface area contributed by atoms with Crippen LogP contribution in [0.3, 0.4) is 0 Å². The fraction of sp³-hybridized carbons (Fsp3) is 0.647. The topological polar surface area (TPSA) is 15.3 Å². The summed E-state index contributed by atoms with van der Waals surface area (Å²) in [6.45, 7) is 12.9. The Bertz CT molecular complexity index is 478. The lowest BCUT2D eigenvalue weighted by atomic mass is 9.87. The molecule has 112 valence electrons. The average Bonchev–Trinajstić information content (AvgIpc) is 2.75. The number of halogens is 1. The van der Waals surface area contributed by atoms with Gasteiger partial charge in [-0.3, -0.25) is 4.90 Å². The molecule has 2 aliphatic heterocycles. The van der Waals surface area contributed by atoms with Gasteiger partial charge in [-0.1, -0.05) is 24.6 Å². The van der Waals surface area contributed by atoms with Gasteiger partial charge in [-0.2, -0.15) is 0 Å². The fourth-order valence-electron chi connectivity index (χ4n) is 3.85. The molecule has 1 aromatic carbocycles. The van der Waals surface area contributed by atoms with Gasteiger partial charge in [0.15, 0.2) is 0 Å². The van der Waals surface area contributed by atoms with E-state index in [1.54, 1.807) is 11.1 Å². The van der Waals surface area contributed by atoms with Gasteiger partial charge in [0.2, 0.25) is 0 Å². The summed E-state index contributed by atoms with van der Waals surface area (Å²) in [5.74, 6) is 0. The first kappa shape index (κ1) is 15.8. The molecule has 1 aromatic rings. The summed E-state index contributed by atoms with van der Waals surface area (Å²) in [6, 6.07) is 4.72. The molecule has 1 fully saturated rings. The van der Waals surface area contributed by atoms with E-state index in [2.05, 4.69) is 43.1 Å². The highest BCUT2D eigenvalue weighted by atomic mass is 35.5. The number of rotatable bonds is 2. The molecular formula is C17H27ClN2. The van der Waals surface area contributed by atoms with Gasteiger partial charge in [0.05, 0.1) is 0 Å². The Hall–Kier alpha value is -0.570. The minimum atomic E-state index is 0. The Morgan fingerprint density at radius 3 is 2.80 bits per heavy atom. The predicted molar refractivity (Wildman–Crippen MR) is 87.7 cm³/mol. The number of aryl methyl sites for hydroxylation is 2. The molecule has 1 N–H and O–H groups in total. The maximum absolute atomic E-state index is 3.51. The van der Waals surface area contributed by atoms with Crippen molar-refractivity contribution in [3.8, 4) is 0 Å². The van der Waals surface area contributed by atoms with Crippen LogP contribution in [0, 0.1) is 19.3 Å². The van der Waals surface area contributed by atoms with Crippen LogP contribution in [0.25, 0.3) is 0 Å². The number of nitrogens with zero attached hydrogens (tertiary/aromatic N) is 1. The number of hydrogen-bond donors (Lipinski definition) is 1. The van der Waals surface area contributed by atoms with Crippen molar-refractivity contribution in [2.45, 2.75) is 40.2 Å². The molecule has 0 amide bonds. The zero-order valence-electron chi connectivity index (χ0n) is 13.0. The van der Waals surface area contributed by atoms with E-state index in [0.717, 1.165) is 6.54 Å². The summed E-state index contributed by atoms with van der Waals surface area (Å²) in [7, 11) is 0. The molecule has 2 heterocycles. The predicted octanol–water partition coefficient (Wildman–Crippen LogP) is 3.08. The summed E-state index contributed by atoms with van der Waals surface area (Å²) in [6.07, 6.45) is 2.55. The second-order valence-electron chi connectivity index (χ2n) is 6.92. The van der Waals surface area contributed by atoms with Crippen LogP contribution >= 0.6 is 12.4 Å². The van der Waals surface area contributed by atoms with Crippen LogP contribution in [0.1, 0.15) is 35.6 Å². The first-order valence-corrected chi connectivity index (χ1v) is 7.58. The molecule has 0 saturated carbocycles. The standard InChI is InChI=1S/C17H26N2.ClH/c1-13-8-14(2)16-4-7-19(10-15(16)9-13)12-17(3)5-6-18-11-17;/h8-9,18H,4-7,10-12H2,1-3H3;1H. The molecule has 0 aliphatic carbocycles. The molecule has 2 nitrogen and oxygen atoms in total. The minimum Gasteiger partial charge on any atom is -0.316 e. The Morgan fingerprint density at radius 2 is 2.10 bits per heavy atom. The van der Waals surface area contributed by atoms with Crippen molar-refractivity contribution in [3.05, 3.63) is 34.4 Å². The zero-order chi connectivity index (χ0) is 13.5. The summed E-state index contributed by atoms with van der Waals surface area (Å²) in [5.41, 5.74) is 6.56. The van der Waals surface area contributed by atoms with Crippen molar-refractivity contribution in [2.24, 2.45) is 5.41 Å². The lowest BCUT2D eigenvalue weighted by Gasteiger charge is -2.36. The summed E-state index contributed by atoms with van der Waals surface area (Å²) < 4.78 is 0. The normalized spacial score (nSPS) is 26.1. The second kappa shape index (κ2) is 6.05. The number of benzene rings is 1. The highest BCUT2D eigenvalue weighted by molar-refractivity contribution is 5.85. The molecule has 3 heteroatoms. The zero-order valence-corrected chi connectivity index (χ0v) is 13.8. The highest BCUT2D eigenvalue weighted by Gasteiger charge is 2.31. The lowest BCUT2D eigenvalue weighted by molar-refractivity contribution is 0.164. The van der Waals surface area contributed by atoms with Crippen molar-refractivity contribution >= 4 is 12.4 Å². The molecule has 3 rings (SSSR count). The summed E-state index contributed by atoms with van der Waals surface area (Å²) >= 11 is 0. The Kier molecular flexibility index (Phi) is 4.78. The van der Waals surface area contributed by atoms with Crippen LogP contribution in [0.15, 0.2) is 12.1 Å². The van der Waals surface area contributed by atoms with Crippen molar-refractivity contribution in [3.63, 3.8) is 0 Å². The van der Waals surface area contributed by atoms with Gasteiger partial charge >= 0.3 is 0 Å². The molecule has 2 aliphatic rings. The average molecular weight is 295 g/mol. The first-order chi connectivity index (χ1) is 9.06. The molecular weight excluding hydrogens is 268 g/mol. The van der Waals surface area contributed by atoms with E-state index < -0.39 is 0 Å². The van der Waals surface area contributed by atoms with E-state index >= 15 is 0 Å². The van der Waals surface area contributed by atoms with Crippen molar-refractivity contribution < 1.29 is 0 Å². The van der Waals surface area contributed by atoms with Gasteiger partial charge in [-0.25, -0.2) is 0 Å². The van der Waals surface area contributed by atoms with Gasteiger partial charge in [0.25, 0.3) is 0 Å². The van der Waals surface area contributed by atoms with Crippen LogP contribution in [0.2, 0.25) is 0 Å². The van der Waals surface area contributed by atoms with Crippen LogP contribution in [0.4, 0.5) is 0 Å². The van der Waals surface area contributed by atoms with Crippen LogP contribution in [-0.2, 0) is 13.0 Å². The van der Waals surface area contributed by atoms with E-state index in [9.17, 15) is 0 Å². The highest BCUT2D eigenvalue weighted by Crippen LogP contribution is 2.29. The third kappa shape index (κ3) is 3.19. The maximum Gasteiger partial charge on any atom is 0.0237 e. The number of nitrogens with one attached hydrogen (secondary N) is 1. The minimum absolute atomic E-state index is 0. The van der Waals surface area contributed by atoms with Crippen LogP contribution < -0.4 is 5.32 Å². The Morgan fingerprint density at radius 1 is 1.30 bits per heavy atom. The maximum atomic E-state index is 3.51. The smallest absolute Gasteiger partial charge is 0.0237 e. The summed E-state index contributed by atoms with van der Waals surface area (Å²) in [5, 5.41) is 3.51. The van der Waals surface area contributed by atoms with Crippen molar-refractivity contribution in [2.75, 3.05) is 26.2 Å². The Labute approximate surface area is 129 Å². The molecule has 1 atom stereocenters. The monoisotopic (exact) mass is 294 g/mol. The van der Waals surface area contributed by atoms with Crippen LogP contribution in [-0.4, -0.2) is 31.1 Å². The largest absolute Gasteiger partial charge is 0.316 e. The van der Waals surface area contributed by atoms with E-state index in [0.29, 0.717) is 5.41 Å². The quantitative estimate of drug-likeness (QED) is 0.902. The fourth-order valence-corrected chi connectivity index (χ4v) is 3.85. The van der Waals surface area contributed by atoms with Crippen LogP contribution in [0.5, 0.6) is 0 Å². The number of fused-ring (bicyclic) bond motifs is 1. The van der Waals surface area contributed by atoms with Gasteiger partial charge in [0, 0.05) is 26.2 Å². The lowest BCUT2D eigenvalue weighted by Crippen LogP contribution is -2.40.